The van der Waals surface area contributed by atoms with E-state index >= 15 is 0 Å². The minimum Gasteiger partial charge on any atom is -0.451 e. The van der Waals surface area contributed by atoms with Gasteiger partial charge in [0, 0.05) is 21.5 Å². The summed E-state index contributed by atoms with van der Waals surface area (Å²) in [6.07, 6.45) is 0. The maximum Gasteiger partial charge on any atom is 0.358 e. The molecule has 1 aromatic heterocycles. The second-order valence-corrected chi connectivity index (χ2v) is 7.22. The number of benzene rings is 1. The van der Waals surface area contributed by atoms with Gasteiger partial charge in [-0.15, -0.1) is 11.3 Å². The fraction of sp³-hybridized carbons (Fsp3) is 0.312. The van der Waals surface area contributed by atoms with Gasteiger partial charge >= 0.3 is 5.97 Å². The van der Waals surface area contributed by atoms with Crippen LogP contribution in [0.1, 0.15) is 31.3 Å². The van der Waals surface area contributed by atoms with E-state index < -0.39 is 5.97 Å². The smallest absolute Gasteiger partial charge is 0.358 e. The van der Waals surface area contributed by atoms with Crippen LogP contribution in [0.2, 0.25) is 5.02 Å². The number of nitrogens with zero attached hydrogens (tertiary/aromatic N) is 1. The molecule has 0 unspecified atom stereocenters. The number of ether oxygens (including phenoxy) is 1. The van der Waals surface area contributed by atoms with Gasteiger partial charge in [0.1, 0.15) is 5.01 Å². The lowest BCUT2D eigenvalue weighted by molar-refractivity contribution is -0.125. The summed E-state index contributed by atoms with van der Waals surface area (Å²) in [6, 6.07) is 7.21. The average molecular weight is 353 g/mol. The van der Waals surface area contributed by atoms with Gasteiger partial charge in [-0.05, 0) is 32.9 Å². The van der Waals surface area contributed by atoms with Crippen LogP contribution in [0.4, 0.5) is 0 Å². The average Bonchev–Trinajstić information content (AvgIpc) is 2.93. The van der Waals surface area contributed by atoms with Gasteiger partial charge < -0.3 is 10.1 Å². The zero-order valence-electron chi connectivity index (χ0n) is 13.1. The van der Waals surface area contributed by atoms with Gasteiger partial charge in [-0.25, -0.2) is 9.78 Å². The zero-order valence-corrected chi connectivity index (χ0v) is 14.6. The van der Waals surface area contributed by atoms with E-state index in [2.05, 4.69) is 10.3 Å². The summed E-state index contributed by atoms with van der Waals surface area (Å²) in [5.41, 5.74) is 0.629. The summed E-state index contributed by atoms with van der Waals surface area (Å²) in [7, 11) is 0. The lowest BCUT2D eigenvalue weighted by Crippen LogP contribution is -2.42. The summed E-state index contributed by atoms with van der Waals surface area (Å²) < 4.78 is 4.98. The number of halogens is 1. The van der Waals surface area contributed by atoms with Gasteiger partial charge in [0.15, 0.2) is 12.3 Å². The third-order valence-corrected chi connectivity index (χ3v) is 3.76. The van der Waals surface area contributed by atoms with E-state index in [0.717, 1.165) is 5.56 Å². The van der Waals surface area contributed by atoms with Crippen molar-refractivity contribution in [3.8, 4) is 10.6 Å². The number of amides is 1. The number of carbonyl (C=O) groups is 2. The highest BCUT2D eigenvalue weighted by molar-refractivity contribution is 7.13. The number of esters is 1. The van der Waals surface area contributed by atoms with Crippen molar-refractivity contribution in [3.63, 3.8) is 0 Å². The molecule has 0 aliphatic heterocycles. The number of aromatic nitrogens is 1. The molecule has 0 saturated heterocycles. The molecule has 0 saturated carbocycles. The van der Waals surface area contributed by atoms with E-state index in [1.807, 2.05) is 32.9 Å². The molecule has 122 valence electrons. The monoisotopic (exact) mass is 352 g/mol. The predicted octanol–water partition coefficient (Wildman–Crippen LogP) is 3.54. The fourth-order valence-corrected chi connectivity index (χ4v) is 2.76. The van der Waals surface area contributed by atoms with E-state index in [1.54, 1.807) is 17.5 Å². The van der Waals surface area contributed by atoms with Crippen molar-refractivity contribution in [1.82, 2.24) is 10.3 Å². The van der Waals surface area contributed by atoms with Crippen LogP contribution >= 0.6 is 22.9 Å². The van der Waals surface area contributed by atoms with Crippen LogP contribution in [0.3, 0.4) is 0 Å². The van der Waals surface area contributed by atoms with E-state index in [-0.39, 0.29) is 23.7 Å². The van der Waals surface area contributed by atoms with Crippen molar-refractivity contribution in [2.75, 3.05) is 6.61 Å². The van der Waals surface area contributed by atoms with Gasteiger partial charge in [-0.2, -0.15) is 0 Å². The molecule has 0 aliphatic carbocycles. The number of carbonyl (C=O) groups excluding carboxylic acids is 2. The van der Waals surface area contributed by atoms with Crippen molar-refractivity contribution in [2.45, 2.75) is 26.3 Å². The number of thiazole rings is 1. The van der Waals surface area contributed by atoms with E-state index in [4.69, 9.17) is 16.3 Å². The molecule has 0 aliphatic rings. The van der Waals surface area contributed by atoms with Crippen LogP contribution in [0.25, 0.3) is 10.6 Å². The van der Waals surface area contributed by atoms with Crippen LogP contribution < -0.4 is 5.32 Å². The Morgan fingerprint density at radius 1 is 1.35 bits per heavy atom. The third-order valence-electron chi connectivity index (χ3n) is 2.63. The van der Waals surface area contributed by atoms with Crippen molar-refractivity contribution in [1.29, 1.82) is 0 Å². The van der Waals surface area contributed by atoms with Crippen molar-refractivity contribution in [2.24, 2.45) is 0 Å². The highest BCUT2D eigenvalue weighted by atomic mass is 35.5. The summed E-state index contributed by atoms with van der Waals surface area (Å²) in [5.74, 6) is -0.977. The summed E-state index contributed by atoms with van der Waals surface area (Å²) in [4.78, 5) is 27.8. The van der Waals surface area contributed by atoms with Crippen molar-refractivity contribution >= 4 is 34.8 Å². The van der Waals surface area contributed by atoms with E-state index in [1.165, 1.54) is 11.3 Å². The highest BCUT2D eigenvalue weighted by Crippen LogP contribution is 2.26. The summed E-state index contributed by atoms with van der Waals surface area (Å²) >= 11 is 7.25. The Kier molecular flexibility index (Phi) is 5.38. The second-order valence-electron chi connectivity index (χ2n) is 5.92. The Morgan fingerprint density at radius 3 is 2.74 bits per heavy atom. The van der Waals surface area contributed by atoms with Gasteiger partial charge in [0.2, 0.25) is 0 Å². The molecule has 1 aromatic carbocycles. The Labute approximate surface area is 143 Å². The predicted molar refractivity (Wildman–Crippen MR) is 90.7 cm³/mol. The Balaban J connectivity index is 1.98. The molecule has 0 spiro atoms. The van der Waals surface area contributed by atoms with Crippen LogP contribution in [0.15, 0.2) is 29.6 Å². The molecule has 1 heterocycles. The first-order chi connectivity index (χ1) is 10.7. The van der Waals surface area contributed by atoms with Crippen LogP contribution in [-0.2, 0) is 9.53 Å². The third kappa shape index (κ3) is 5.33. The summed E-state index contributed by atoms with van der Waals surface area (Å²) in [5, 5.41) is 5.58. The Morgan fingerprint density at radius 2 is 2.09 bits per heavy atom. The lowest BCUT2D eigenvalue weighted by Gasteiger charge is -2.20. The Bertz CT molecular complexity index is 722. The Hall–Kier alpha value is -1.92. The normalized spacial score (nSPS) is 11.1. The second kappa shape index (κ2) is 7.10. The first-order valence-corrected chi connectivity index (χ1v) is 8.20. The first kappa shape index (κ1) is 17.4. The minimum atomic E-state index is -0.626. The maximum absolute atomic E-state index is 11.9. The SMILES string of the molecule is CC(C)(C)NC(=O)COC(=O)c1csc(-c2cccc(Cl)c2)n1. The van der Waals surface area contributed by atoms with Gasteiger partial charge in [-0.1, -0.05) is 23.7 Å². The largest absolute Gasteiger partial charge is 0.451 e. The molecule has 0 radical (unpaired) electrons. The number of nitrogens with one attached hydrogen (secondary N) is 1. The molecular weight excluding hydrogens is 336 g/mol. The highest BCUT2D eigenvalue weighted by Gasteiger charge is 2.18. The summed E-state index contributed by atoms with van der Waals surface area (Å²) in [6.45, 7) is 5.22. The topological polar surface area (TPSA) is 68.3 Å². The molecule has 0 bridgehead atoms. The molecule has 7 heteroatoms. The molecule has 2 rings (SSSR count). The van der Waals surface area contributed by atoms with Crippen LogP contribution in [0, 0.1) is 0 Å². The molecule has 1 N–H and O–H groups in total. The standard InChI is InChI=1S/C16H17ClN2O3S/c1-16(2,3)19-13(20)8-22-15(21)12-9-23-14(18-12)10-5-4-6-11(17)7-10/h4-7,9H,8H2,1-3H3,(H,19,20). The van der Waals surface area contributed by atoms with Crippen LogP contribution in [0.5, 0.6) is 0 Å². The zero-order chi connectivity index (χ0) is 17.0. The number of hydrogen-bond donors (Lipinski definition) is 1. The lowest BCUT2D eigenvalue weighted by atomic mass is 10.1. The molecule has 5 nitrogen and oxygen atoms in total. The van der Waals surface area contributed by atoms with Gasteiger partial charge in [0.25, 0.3) is 5.91 Å². The maximum atomic E-state index is 11.9. The van der Waals surface area contributed by atoms with Crippen molar-refractivity contribution < 1.29 is 14.3 Å². The van der Waals surface area contributed by atoms with Gasteiger partial charge in [-0.3, -0.25) is 4.79 Å². The fourth-order valence-electron chi connectivity index (χ4n) is 1.78. The molecule has 1 amide bonds. The van der Waals surface area contributed by atoms with Crippen LogP contribution in [-0.4, -0.2) is 29.0 Å². The minimum absolute atomic E-state index is 0.175. The van der Waals surface area contributed by atoms with Crippen molar-refractivity contribution in [3.05, 3.63) is 40.4 Å². The molecular formula is C16H17ClN2O3S. The quantitative estimate of drug-likeness (QED) is 0.854. The van der Waals surface area contributed by atoms with Gasteiger partial charge in [0.05, 0.1) is 0 Å². The number of hydrogen-bond acceptors (Lipinski definition) is 5. The van der Waals surface area contributed by atoms with E-state index in [9.17, 15) is 9.59 Å². The molecule has 0 fully saturated rings. The molecule has 23 heavy (non-hydrogen) atoms. The van der Waals surface area contributed by atoms with E-state index in [0.29, 0.717) is 10.0 Å². The first-order valence-electron chi connectivity index (χ1n) is 6.94. The number of rotatable bonds is 4. The molecule has 2 aromatic rings. The molecule has 0 atom stereocenters.